The molecule has 2 fully saturated rings. The van der Waals surface area contributed by atoms with E-state index in [1.807, 2.05) is 6.92 Å². The van der Waals surface area contributed by atoms with Gasteiger partial charge in [-0.1, -0.05) is 6.92 Å². The van der Waals surface area contributed by atoms with Gasteiger partial charge in [0.2, 0.25) is 5.28 Å². The summed E-state index contributed by atoms with van der Waals surface area (Å²) in [5.74, 6) is 1.54. The van der Waals surface area contributed by atoms with Gasteiger partial charge in [-0.3, -0.25) is 4.57 Å². The van der Waals surface area contributed by atoms with Crippen molar-refractivity contribution in [1.29, 1.82) is 0 Å². The number of rotatable bonds is 7. The molecule has 4 heterocycles. The highest BCUT2D eigenvalue weighted by Gasteiger charge is 2.48. The Balaban J connectivity index is 1.42. The summed E-state index contributed by atoms with van der Waals surface area (Å²) in [6, 6.07) is 0. The number of nitrogens with one attached hydrogen (secondary N) is 1. The predicted molar refractivity (Wildman–Crippen MR) is 106 cm³/mol. The van der Waals surface area contributed by atoms with Crippen molar-refractivity contribution in [3.05, 3.63) is 17.4 Å². The maximum atomic E-state index is 10.6. The Morgan fingerprint density at radius 2 is 2.10 bits per heavy atom. The van der Waals surface area contributed by atoms with E-state index in [0.717, 1.165) is 11.3 Å². The number of tetrazole rings is 1. The van der Waals surface area contributed by atoms with Crippen LogP contribution in [0.15, 0.2) is 6.33 Å². The number of hydrogen-bond acceptors (Lipinski definition) is 11. The maximum absolute atomic E-state index is 10.6. The van der Waals surface area contributed by atoms with Crippen molar-refractivity contribution in [3.63, 3.8) is 0 Å². The van der Waals surface area contributed by atoms with Gasteiger partial charge in [0.05, 0.1) is 6.33 Å². The van der Waals surface area contributed by atoms with Gasteiger partial charge >= 0.3 is 0 Å². The summed E-state index contributed by atoms with van der Waals surface area (Å²) in [6.07, 6.45) is -2.22. The smallest absolute Gasteiger partial charge is 0.226 e. The number of aliphatic hydroxyl groups excluding tert-OH is 3. The van der Waals surface area contributed by atoms with E-state index in [9.17, 15) is 15.3 Å². The Bertz CT molecular complexity index is 1090. The first-order chi connectivity index (χ1) is 15.0. The summed E-state index contributed by atoms with van der Waals surface area (Å²) >= 11 is 6.11. The molecule has 1 saturated heterocycles. The van der Waals surface area contributed by atoms with Gasteiger partial charge in [0.15, 0.2) is 35.3 Å². The molecule has 0 aromatic carbocycles. The molecule has 2 aliphatic rings. The quantitative estimate of drug-likeness (QED) is 0.346. The Morgan fingerprint density at radius 1 is 1.29 bits per heavy atom. The summed E-state index contributed by atoms with van der Waals surface area (Å²) < 4.78 is 7.26. The van der Waals surface area contributed by atoms with E-state index in [-0.39, 0.29) is 5.28 Å². The topological polar surface area (TPSA) is 169 Å². The molecule has 14 heteroatoms. The number of aryl methyl sites for hydroxylation is 1. The largest absolute Gasteiger partial charge is 0.387 e. The number of hydrogen-bond donors (Lipinski definition) is 4. The highest BCUT2D eigenvalue weighted by atomic mass is 35.5. The molecule has 5 atom stereocenters. The molecular formula is C17H22ClN9O4. The highest BCUT2D eigenvalue weighted by Crippen LogP contribution is 2.36. The average Bonchev–Trinajstić information content (AvgIpc) is 3.17. The van der Waals surface area contributed by atoms with Crippen molar-refractivity contribution in [2.75, 3.05) is 11.9 Å². The zero-order valence-corrected chi connectivity index (χ0v) is 17.3. The standard InChI is InChI=1S/C17H22ClN9O4/c1-2-8-23-25-27(24-8)15(30)12-10(28)11(29)16(31-12)26-6-20-9-13(19-5-7-3-4-7)21-17(18)22-14(9)26/h6-7,10-12,15-16,28-30H,2-5H2,1H3,(H,19,21,22)/t10-,11+,12-,15?,16+/m0/s1. The number of nitrogens with zero attached hydrogens (tertiary/aromatic N) is 8. The van der Waals surface area contributed by atoms with Gasteiger partial charge in [-0.15, -0.1) is 15.0 Å². The van der Waals surface area contributed by atoms with Gasteiger partial charge in [-0.2, -0.15) is 9.97 Å². The molecule has 0 radical (unpaired) electrons. The second-order valence-electron chi connectivity index (χ2n) is 7.76. The number of ether oxygens (including phenoxy) is 1. The zero-order valence-electron chi connectivity index (χ0n) is 16.6. The monoisotopic (exact) mass is 451 g/mol. The molecule has 3 aromatic heterocycles. The number of aliphatic hydroxyl groups is 3. The molecule has 5 rings (SSSR count). The molecule has 31 heavy (non-hydrogen) atoms. The first kappa shape index (κ1) is 20.5. The summed E-state index contributed by atoms with van der Waals surface area (Å²) in [5.41, 5.74) is 0.793. The Morgan fingerprint density at radius 3 is 2.81 bits per heavy atom. The number of fused-ring (bicyclic) bond motifs is 1. The third-order valence-corrected chi connectivity index (χ3v) is 5.68. The van der Waals surface area contributed by atoms with Crippen molar-refractivity contribution < 1.29 is 20.1 Å². The van der Waals surface area contributed by atoms with Crippen LogP contribution >= 0.6 is 11.6 Å². The van der Waals surface area contributed by atoms with E-state index >= 15 is 0 Å². The lowest BCUT2D eigenvalue weighted by atomic mass is 10.1. The Labute approximate surface area is 181 Å². The lowest BCUT2D eigenvalue weighted by Crippen LogP contribution is -2.37. The van der Waals surface area contributed by atoms with Crippen LogP contribution in [0.5, 0.6) is 0 Å². The molecule has 3 aromatic rings. The van der Waals surface area contributed by atoms with Crippen LogP contribution < -0.4 is 5.32 Å². The van der Waals surface area contributed by atoms with E-state index in [1.54, 1.807) is 0 Å². The number of imidazole rings is 1. The van der Waals surface area contributed by atoms with Crippen LogP contribution in [0.4, 0.5) is 5.82 Å². The highest BCUT2D eigenvalue weighted by molar-refractivity contribution is 6.28. The minimum Gasteiger partial charge on any atom is -0.387 e. The molecule has 1 unspecified atom stereocenters. The first-order valence-electron chi connectivity index (χ1n) is 10.1. The Kier molecular flexibility index (Phi) is 5.22. The molecule has 13 nitrogen and oxygen atoms in total. The van der Waals surface area contributed by atoms with E-state index in [4.69, 9.17) is 16.3 Å². The molecular weight excluding hydrogens is 430 g/mol. The molecule has 1 aliphatic carbocycles. The fraction of sp³-hybridized carbons (Fsp3) is 0.647. The summed E-state index contributed by atoms with van der Waals surface area (Å²) in [4.78, 5) is 13.7. The molecule has 1 saturated carbocycles. The minimum atomic E-state index is -1.45. The van der Waals surface area contributed by atoms with E-state index in [1.165, 1.54) is 23.7 Å². The van der Waals surface area contributed by atoms with E-state index < -0.39 is 30.8 Å². The lowest BCUT2D eigenvalue weighted by Gasteiger charge is -2.19. The zero-order chi connectivity index (χ0) is 21.7. The van der Waals surface area contributed by atoms with Crippen LogP contribution in [-0.2, 0) is 11.2 Å². The van der Waals surface area contributed by atoms with Gasteiger partial charge in [0.25, 0.3) is 0 Å². The summed E-state index contributed by atoms with van der Waals surface area (Å²) in [6.45, 7) is 2.61. The molecule has 4 N–H and O–H groups in total. The van der Waals surface area contributed by atoms with E-state index in [0.29, 0.717) is 35.1 Å². The van der Waals surface area contributed by atoms with Gasteiger partial charge in [-0.25, -0.2) is 4.98 Å². The lowest BCUT2D eigenvalue weighted by molar-refractivity contribution is -0.119. The molecule has 0 amide bonds. The predicted octanol–water partition coefficient (Wildman–Crippen LogP) is -0.339. The molecule has 1 aliphatic heterocycles. The van der Waals surface area contributed by atoms with Crippen LogP contribution in [0.3, 0.4) is 0 Å². The number of anilines is 1. The van der Waals surface area contributed by atoms with Crippen LogP contribution in [0.2, 0.25) is 5.28 Å². The van der Waals surface area contributed by atoms with Gasteiger partial charge < -0.3 is 25.4 Å². The fourth-order valence-corrected chi connectivity index (χ4v) is 3.73. The maximum Gasteiger partial charge on any atom is 0.226 e. The second-order valence-corrected chi connectivity index (χ2v) is 8.09. The average molecular weight is 452 g/mol. The SMILES string of the molecule is CCc1nnn(C(O)[C@H]2O[C@@H](n3cnc4c(NCC5CC5)nc(Cl)nc43)[C@H](O)[C@@H]2O)n1. The summed E-state index contributed by atoms with van der Waals surface area (Å²) in [5, 5.41) is 46.6. The van der Waals surface area contributed by atoms with Crippen LogP contribution in [0.1, 0.15) is 38.0 Å². The van der Waals surface area contributed by atoms with Crippen LogP contribution in [-0.4, -0.2) is 79.9 Å². The van der Waals surface area contributed by atoms with Crippen LogP contribution in [0, 0.1) is 5.92 Å². The first-order valence-corrected chi connectivity index (χ1v) is 10.5. The third kappa shape index (κ3) is 3.72. The van der Waals surface area contributed by atoms with Gasteiger partial charge in [0.1, 0.15) is 18.3 Å². The van der Waals surface area contributed by atoms with Crippen molar-refractivity contribution in [2.45, 2.75) is 57.0 Å². The fourth-order valence-electron chi connectivity index (χ4n) is 3.56. The van der Waals surface area contributed by atoms with Crippen molar-refractivity contribution in [2.24, 2.45) is 5.92 Å². The summed E-state index contributed by atoms with van der Waals surface area (Å²) in [7, 11) is 0. The number of aromatic nitrogens is 8. The van der Waals surface area contributed by atoms with E-state index in [2.05, 4.69) is 35.7 Å². The van der Waals surface area contributed by atoms with Crippen molar-refractivity contribution >= 4 is 28.6 Å². The number of halogens is 1. The molecule has 0 bridgehead atoms. The third-order valence-electron chi connectivity index (χ3n) is 5.52. The van der Waals surface area contributed by atoms with Gasteiger partial charge in [0, 0.05) is 13.0 Å². The molecule has 0 spiro atoms. The normalized spacial score (nSPS) is 27.1. The Hall–Kier alpha value is -2.45. The van der Waals surface area contributed by atoms with Gasteiger partial charge in [-0.05, 0) is 35.6 Å². The van der Waals surface area contributed by atoms with Crippen LogP contribution in [0.25, 0.3) is 11.2 Å². The molecule has 166 valence electrons. The minimum absolute atomic E-state index is 0.0103. The van der Waals surface area contributed by atoms with Crippen molar-refractivity contribution in [1.82, 2.24) is 39.7 Å². The van der Waals surface area contributed by atoms with Crippen molar-refractivity contribution in [3.8, 4) is 0 Å². The second kappa shape index (κ2) is 7.91.